The molecule has 1 N–H and O–H groups in total. The normalized spacial score (nSPS) is 16.2. The third-order valence-electron chi connectivity index (χ3n) is 3.22. The van der Waals surface area contributed by atoms with Crippen LogP contribution in [0.25, 0.3) is 0 Å². The van der Waals surface area contributed by atoms with Crippen molar-refractivity contribution in [1.82, 2.24) is 15.0 Å². The molecule has 0 bridgehead atoms. The molecule has 1 aliphatic heterocycles. The molecule has 0 radical (unpaired) electrons. The van der Waals surface area contributed by atoms with Crippen molar-refractivity contribution in [1.29, 1.82) is 0 Å². The quantitative estimate of drug-likeness (QED) is 0.872. The van der Waals surface area contributed by atoms with Gasteiger partial charge in [0, 0.05) is 33.4 Å². The minimum absolute atomic E-state index is 0.0309. The first kappa shape index (κ1) is 14.8. The monoisotopic (exact) mass is 281 g/mol. The van der Waals surface area contributed by atoms with Gasteiger partial charge in [0.25, 0.3) is 0 Å². The molecular weight excluding hydrogens is 258 g/mol. The minimum atomic E-state index is 0.0309. The first-order valence-electron chi connectivity index (χ1n) is 7.01. The molecule has 1 saturated heterocycles. The molecule has 0 spiro atoms. The van der Waals surface area contributed by atoms with Gasteiger partial charge in [0.05, 0.1) is 6.10 Å². The summed E-state index contributed by atoms with van der Waals surface area (Å²) in [7, 11) is 3.79. The molecule has 1 aliphatic rings. The van der Waals surface area contributed by atoms with E-state index in [-0.39, 0.29) is 6.10 Å². The van der Waals surface area contributed by atoms with Crippen LogP contribution in [0.15, 0.2) is 0 Å². The molecule has 7 nitrogen and oxygen atoms in total. The number of aromatic nitrogens is 3. The van der Waals surface area contributed by atoms with Crippen molar-refractivity contribution < 1.29 is 9.47 Å². The Balaban J connectivity index is 2.20. The van der Waals surface area contributed by atoms with E-state index < -0.39 is 0 Å². The smallest absolute Gasteiger partial charge is 0.323 e. The zero-order chi connectivity index (χ0) is 14.5. The highest BCUT2D eigenvalue weighted by Gasteiger charge is 2.22. The van der Waals surface area contributed by atoms with Crippen molar-refractivity contribution in [2.45, 2.75) is 38.8 Å². The van der Waals surface area contributed by atoms with Gasteiger partial charge >= 0.3 is 6.01 Å². The second-order valence-electron chi connectivity index (χ2n) is 5.11. The number of nitrogens with zero attached hydrogens (tertiary/aromatic N) is 4. The predicted octanol–water partition coefficient (Wildman–Crippen LogP) is 1.32. The van der Waals surface area contributed by atoms with Crippen LogP contribution in [0.1, 0.15) is 26.7 Å². The number of rotatable bonds is 5. The first-order chi connectivity index (χ1) is 9.60. The maximum Gasteiger partial charge on any atom is 0.323 e. The van der Waals surface area contributed by atoms with Crippen molar-refractivity contribution in [2.24, 2.45) is 0 Å². The van der Waals surface area contributed by atoms with Gasteiger partial charge in [-0.25, -0.2) is 0 Å². The van der Waals surface area contributed by atoms with Crippen LogP contribution in [0.3, 0.4) is 0 Å². The van der Waals surface area contributed by atoms with Crippen LogP contribution in [0.5, 0.6) is 6.01 Å². The molecular formula is C13H23N5O2. The van der Waals surface area contributed by atoms with Gasteiger partial charge in [0.1, 0.15) is 0 Å². The Morgan fingerprint density at radius 2 is 1.95 bits per heavy atom. The van der Waals surface area contributed by atoms with E-state index in [0.717, 1.165) is 26.1 Å². The highest BCUT2D eigenvalue weighted by Crippen LogP contribution is 2.20. The van der Waals surface area contributed by atoms with E-state index in [0.29, 0.717) is 23.9 Å². The lowest BCUT2D eigenvalue weighted by Gasteiger charge is -2.31. The van der Waals surface area contributed by atoms with Gasteiger partial charge < -0.3 is 19.7 Å². The Labute approximate surface area is 119 Å². The largest absolute Gasteiger partial charge is 0.461 e. The Morgan fingerprint density at radius 3 is 2.55 bits per heavy atom. The third kappa shape index (κ3) is 3.69. The zero-order valence-electron chi connectivity index (χ0n) is 12.6. The molecule has 0 aromatic carbocycles. The molecule has 20 heavy (non-hydrogen) atoms. The van der Waals surface area contributed by atoms with Gasteiger partial charge in [-0.1, -0.05) is 0 Å². The Kier molecular flexibility index (Phi) is 4.94. The first-order valence-corrected chi connectivity index (χ1v) is 7.01. The fraction of sp³-hybridized carbons (Fsp3) is 0.769. The molecule has 7 heteroatoms. The molecule has 1 fully saturated rings. The maximum atomic E-state index is 5.58. The summed E-state index contributed by atoms with van der Waals surface area (Å²) in [4.78, 5) is 15.1. The highest BCUT2D eigenvalue weighted by atomic mass is 16.5. The van der Waals surface area contributed by atoms with Gasteiger partial charge in [-0.15, -0.1) is 0 Å². The number of nitrogens with one attached hydrogen (secondary N) is 1. The van der Waals surface area contributed by atoms with E-state index in [2.05, 4.69) is 25.2 Å². The highest BCUT2D eigenvalue weighted by molar-refractivity contribution is 5.38. The van der Waals surface area contributed by atoms with Gasteiger partial charge in [-0.3, -0.25) is 0 Å². The Morgan fingerprint density at radius 1 is 1.25 bits per heavy atom. The van der Waals surface area contributed by atoms with Crippen molar-refractivity contribution in [2.75, 3.05) is 37.5 Å². The van der Waals surface area contributed by atoms with Crippen LogP contribution in [0, 0.1) is 0 Å². The van der Waals surface area contributed by atoms with Crippen molar-refractivity contribution in [3.63, 3.8) is 0 Å². The summed E-state index contributed by atoms with van der Waals surface area (Å²) in [6, 6.07) is 0.746. The van der Waals surface area contributed by atoms with Crippen LogP contribution < -0.4 is 15.0 Å². The van der Waals surface area contributed by atoms with Crippen molar-refractivity contribution in [3.8, 4) is 6.01 Å². The van der Waals surface area contributed by atoms with Crippen molar-refractivity contribution in [3.05, 3.63) is 0 Å². The van der Waals surface area contributed by atoms with Crippen LogP contribution in [-0.4, -0.2) is 54.4 Å². The van der Waals surface area contributed by atoms with Crippen molar-refractivity contribution >= 4 is 11.9 Å². The third-order valence-corrected chi connectivity index (χ3v) is 3.22. The van der Waals surface area contributed by atoms with Gasteiger partial charge in [0.15, 0.2) is 0 Å². The lowest BCUT2D eigenvalue weighted by molar-refractivity contribution is 0.0851. The van der Waals surface area contributed by atoms with Crippen LogP contribution in [0.4, 0.5) is 11.9 Å². The van der Waals surface area contributed by atoms with E-state index in [9.17, 15) is 0 Å². The van der Waals surface area contributed by atoms with Gasteiger partial charge in [0.2, 0.25) is 11.9 Å². The SMILES string of the molecule is CNc1nc(OC(C)C)nc(N(C)C2CCOCC2)n1. The molecule has 1 aromatic heterocycles. The summed E-state index contributed by atoms with van der Waals surface area (Å²) in [5.74, 6) is 1.15. The molecule has 0 aliphatic carbocycles. The molecule has 112 valence electrons. The fourth-order valence-corrected chi connectivity index (χ4v) is 2.11. The van der Waals surface area contributed by atoms with Crippen LogP contribution in [-0.2, 0) is 4.74 Å². The number of hydrogen-bond acceptors (Lipinski definition) is 7. The minimum Gasteiger partial charge on any atom is -0.461 e. The Bertz CT molecular complexity index is 435. The molecule has 0 amide bonds. The summed E-state index contributed by atoms with van der Waals surface area (Å²) in [6.45, 7) is 5.47. The fourth-order valence-electron chi connectivity index (χ4n) is 2.11. The van der Waals surface area contributed by atoms with Crippen LogP contribution in [0.2, 0.25) is 0 Å². The van der Waals surface area contributed by atoms with E-state index in [4.69, 9.17) is 9.47 Å². The Hall–Kier alpha value is -1.63. The summed E-state index contributed by atoms with van der Waals surface area (Å²) >= 11 is 0. The van der Waals surface area contributed by atoms with E-state index in [1.807, 2.05) is 20.9 Å². The zero-order valence-corrected chi connectivity index (χ0v) is 12.6. The number of anilines is 2. The topological polar surface area (TPSA) is 72.4 Å². The summed E-state index contributed by atoms with van der Waals surface area (Å²) in [6.07, 6.45) is 2.00. The van der Waals surface area contributed by atoms with E-state index in [1.165, 1.54) is 0 Å². The molecule has 0 saturated carbocycles. The summed E-state index contributed by atoms with van der Waals surface area (Å²) < 4.78 is 11.0. The summed E-state index contributed by atoms with van der Waals surface area (Å²) in [5, 5.41) is 2.95. The second kappa shape index (κ2) is 6.69. The van der Waals surface area contributed by atoms with Gasteiger partial charge in [-0.05, 0) is 26.7 Å². The molecule has 0 atom stereocenters. The average molecular weight is 281 g/mol. The standard InChI is InChI=1S/C13H23N5O2/c1-9(2)20-13-16-11(14-3)15-12(17-13)18(4)10-5-7-19-8-6-10/h9-10H,5-8H2,1-4H3,(H,14,15,16,17). The number of ether oxygens (including phenoxy) is 2. The average Bonchev–Trinajstić information content (AvgIpc) is 2.46. The second-order valence-corrected chi connectivity index (χ2v) is 5.11. The maximum absolute atomic E-state index is 5.58. The molecule has 0 unspecified atom stereocenters. The lowest BCUT2D eigenvalue weighted by Crippen LogP contribution is -2.37. The molecule has 1 aromatic rings. The van der Waals surface area contributed by atoms with Crippen LogP contribution >= 0.6 is 0 Å². The number of hydrogen-bond donors (Lipinski definition) is 1. The van der Waals surface area contributed by atoms with E-state index >= 15 is 0 Å². The lowest BCUT2D eigenvalue weighted by atomic mass is 10.1. The predicted molar refractivity (Wildman–Crippen MR) is 77.4 cm³/mol. The summed E-state index contributed by atoms with van der Waals surface area (Å²) in [5.41, 5.74) is 0. The molecule has 2 rings (SSSR count). The van der Waals surface area contributed by atoms with E-state index in [1.54, 1.807) is 7.05 Å². The molecule has 2 heterocycles. The van der Waals surface area contributed by atoms with Gasteiger partial charge in [-0.2, -0.15) is 15.0 Å².